The third kappa shape index (κ3) is 3.68. The SMILES string of the molecule is CCO[C@H](C)c1noc(-c2ccc(-c3noc(C(F)(F)F)n3)cc2)n1. The molecule has 0 saturated heterocycles. The van der Waals surface area contributed by atoms with Crippen LogP contribution in [-0.4, -0.2) is 26.9 Å². The molecule has 1 aromatic carbocycles. The molecule has 7 nitrogen and oxygen atoms in total. The van der Waals surface area contributed by atoms with Crippen molar-refractivity contribution < 1.29 is 27.0 Å². The summed E-state index contributed by atoms with van der Waals surface area (Å²) in [7, 11) is 0. The molecule has 10 heteroatoms. The average molecular weight is 354 g/mol. The van der Waals surface area contributed by atoms with E-state index in [1.54, 1.807) is 19.1 Å². The molecule has 0 aliphatic heterocycles. The van der Waals surface area contributed by atoms with Gasteiger partial charge >= 0.3 is 12.1 Å². The molecule has 0 saturated carbocycles. The fourth-order valence-electron chi connectivity index (χ4n) is 2.06. The van der Waals surface area contributed by atoms with Crippen molar-refractivity contribution in [3.8, 4) is 22.8 Å². The average Bonchev–Trinajstić information content (AvgIpc) is 3.25. The second kappa shape index (κ2) is 6.63. The van der Waals surface area contributed by atoms with Gasteiger partial charge in [-0.15, -0.1) is 0 Å². The molecule has 25 heavy (non-hydrogen) atoms. The molecule has 0 spiro atoms. The molecule has 3 rings (SSSR count). The normalized spacial score (nSPS) is 13.2. The molecular weight excluding hydrogens is 341 g/mol. The highest BCUT2D eigenvalue weighted by Gasteiger charge is 2.38. The zero-order valence-corrected chi connectivity index (χ0v) is 13.2. The third-order valence-corrected chi connectivity index (χ3v) is 3.28. The van der Waals surface area contributed by atoms with Gasteiger partial charge in [-0.05, 0) is 26.0 Å². The lowest BCUT2D eigenvalue weighted by atomic mass is 10.1. The van der Waals surface area contributed by atoms with Gasteiger partial charge in [0.05, 0.1) is 0 Å². The molecule has 0 aliphatic carbocycles. The van der Waals surface area contributed by atoms with Crippen LogP contribution in [0.4, 0.5) is 13.2 Å². The van der Waals surface area contributed by atoms with Crippen molar-refractivity contribution in [2.24, 2.45) is 0 Å². The monoisotopic (exact) mass is 354 g/mol. The number of alkyl halides is 3. The predicted octanol–water partition coefficient (Wildman–Crippen LogP) is 3.90. The Morgan fingerprint density at radius 3 is 2.32 bits per heavy atom. The smallest absolute Gasteiger partial charge is 0.371 e. The first kappa shape index (κ1) is 17.1. The summed E-state index contributed by atoms with van der Waals surface area (Å²) in [6.45, 7) is 4.18. The quantitative estimate of drug-likeness (QED) is 0.686. The number of aromatic nitrogens is 4. The highest BCUT2D eigenvalue weighted by Crippen LogP contribution is 2.30. The van der Waals surface area contributed by atoms with Crippen LogP contribution < -0.4 is 0 Å². The van der Waals surface area contributed by atoms with E-state index >= 15 is 0 Å². The van der Waals surface area contributed by atoms with E-state index in [0.717, 1.165) is 0 Å². The Bertz CT molecular complexity index is 842. The minimum Gasteiger partial charge on any atom is -0.371 e. The lowest BCUT2D eigenvalue weighted by molar-refractivity contribution is -0.159. The van der Waals surface area contributed by atoms with Gasteiger partial charge in [0.15, 0.2) is 0 Å². The van der Waals surface area contributed by atoms with Gasteiger partial charge in [-0.3, -0.25) is 0 Å². The van der Waals surface area contributed by atoms with Gasteiger partial charge in [0.25, 0.3) is 5.89 Å². The Balaban J connectivity index is 1.80. The van der Waals surface area contributed by atoms with Crippen molar-refractivity contribution in [3.63, 3.8) is 0 Å². The molecule has 0 unspecified atom stereocenters. The first-order valence-corrected chi connectivity index (χ1v) is 7.35. The van der Waals surface area contributed by atoms with Gasteiger partial charge in [-0.25, -0.2) is 0 Å². The Kier molecular flexibility index (Phi) is 4.53. The van der Waals surface area contributed by atoms with Crippen molar-refractivity contribution in [3.05, 3.63) is 36.0 Å². The van der Waals surface area contributed by atoms with E-state index in [1.807, 2.05) is 6.92 Å². The highest BCUT2D eigenvalue weighted by molar-refractivity contribution is 5.62. The van der Waals surface area contributed by atoms with E-state index in [1.165, 1.54) is 12.1 Å². The summed E-state index contributed by atoms with van der Waals surface area (Å²) in [5.41, 5.74) is 0.969. The fraction of sp³-hybridized carbons (Fsp3) is 0.333. The Morgan fingerprint density at radius 2 is 1.72 bits per heavy atom. The van der Waals surface area contributed by atoms with Crippen LogP contribution in [-0.2, 0) is 10.9 Å². The molecule has 1 atom stereocenters. The van der Waals surface area contributed by atoms with Crippen LogP contribution >= 0.6 is 0 Å². The van der Waals surface area contributed by atoms with Crippen LogP contribution in [0.5, 0.6) is 0 Å². The number of hydrogen-bond acceptors (Lipinski definition) is 7. The van der Waals surface area contributed by atoms with E-state index in [4.69, 9.17) is 9.26 Å². The summed E-state index contributed by atoms with van der Waals surface area (Å²) in [5, 5.41) is 7.18. The van der Waals surface area contributed by atoms with E-state index in [-0.39, 0.29) is 17.8 Å². The van der Waals surface area contributed by atoms with E-state index in [2.05, 4.69) is 24.8 Å². The van der Waals surface area contributed by atoms with Crippen LogP contribution in [0.15, 0.2) is 33.3 Å². The maximum atomic E-state index is 12.5. The van der Waals surface area contributed by atoms with Gasteiger partial charge in [0.2, 0.25) is 11.6 Å². The summed E-state index contributed by atoms with van der Waals surface area (Å²) in [6, 6.07) is 6.30. The van der Waals surface area contributed by atoms with Crippen molar-refractivity contribution >= 4 is 0 Å². The van der Waals surface area contributed by atoms with Gasteiger partial charge in [0, 0.05) is 17.7 Å². The molecule has 0 amide bonds. The second-order valence-corrected chi connectivity index (χ2v) is 5.05. The van der Waals surface area contributed by atoms with Crippen LogP contribution in [0, 0.1) is 0 Å². The number of benzene rings is 1. The molecule has 3 aromatic rings. The first-order valence-electron chi connectivity index (χ1n) is 7.35. The predicted molar refractivity (Wildman–Crippen MR) is 78.1 cm³/mol. The topological polar surface area (TPSA) is 87.1 Å². The summed E-state index contributed by atoms with van der Waals surface area (Å²) in [4.78, 5) is 7.57. The standard InChI is InChI=1S/C15H13F3N4O3/c1-3-23-8(2)11-19-13(24-21-11)10-6-4-9(5-7-10)12-20-14(25-22-12)15(16,17)18/h4-8H,3H2,1-2H3/t8-/m1/s1. The lowest BCUT2D eigenvalue weighted by Crippen LogP contribution is -2.04. The summed E-state index contributed by atoms with van der Waals surface area (Å²) in [5.74, 6) is -0.862. The first-order chi connectivity index (χ1) is 11.9. The number of ether oxygens (including phenoxy) is 1. The minimum atomic E-state index is -4.68. The van der Waals surface area contributed by atoms with Gasteiger partial charge < -0.3 is 13.8 Å². The second-order valence-electron chi connectivity index (χ2n) is 5.05. The summed E-state index contributed by atoms with van der Waals surface area (Å²) in [6.07, 6.45) is -4.98. The van der Waals surface area contributed by atoms with Crippen molar-refractivity contribution in [1.82, 2.24) is 20.3 Å². The molecule has 0 fully saturated rings. The Labute approximate surface area is 139 Å². The zero-order chi connectivity index (χ0) is 18.0. The van der Waals surface area contributed by atoms with E-state index in [0.29, 0.717) is 23.6 Å². The van der Waals surface area contributed by atoms with E-state index in [9.17, 15) is 13.2 Å². The Morgan fingerprint density at radius 1 is 1.04 bits per heavy atom. The van der Waals surface area contributed by atoms with Crippen molar-refractivity contribution in [2.45, 2.75) is 26.1 Å². The number of rotatable bonds is 5. The van der Waals surface area contributed by atoms with Crippen molar-refractivity contribution in [2.75, 3.05) is 6.61 Å². The van der Waals surface area contributed by atoms with Gasteiger partial charge in [-0.1, -0.05) is 22.4 Å². The number of halogens is 3. The molecule has 0 radical (unpaired) electrons. The zero-order valence-electron chi connectivity index (χ0n) is 13.2. The maximum Gasteiger partial charge on any atom is 0.471 e. The summed E-state index contributed by atoms with van der Waals surface area (Å²) >= 11 is 0. The molecule has 132 valence electrons. The number of nitrogens with zero attached hydrogens (tertiary/aromatic N) is 4. The molecule has 0 N–H and O–H groups in total. The third-order valence-electron chi connectivity index (χ3n) is 3.28. The number of hydrogen-bond donors (Lipinski definition) is 0. The largest absolute Gasteiger partial charge is 0.471 e. The lowest BCUT2D eigenvalue weighted by Gasteiger charge is -2.04. The maximum absolute atomic E-state index is 12.5. The minimum absolute atomic E-state index is 0.157. The van der Waals surface area contributed by atoms with Crippen molar-refractivity contribution in [1.29, 1.82) is 0 Å². The molecule has 2 heterocycles. The highest BCUT2D eigenvalue weighted by atomic mass is 19.4. The summed E-state index contributed by atoms with van der Waals surface area (Å²) < 4.78 is 52.2. The van der Waals surface area contributed by atoms with Crippen LogP contribution in [0.25, 0.3) is 22.8 Å². The van der Waals surface area contributed by atoms with Gasteiger partial charge in [0.1, 0.15) is 6.10 Å². The van der Waals surface area contributed by atoms with Gasteiger partial charge in [-0.2, -0.15) is 23.1 Å². The Hall–Kier alpha value is -2.75. The molecule has 0 bridgehead atoms. The molecular formula is C15H13F3N4O3. The molecule has 2 aromatic heterocycles. The van der Waals surface area contributed by atoms with Crippen LogP contribution in [0.1, 0.15) is 31.7 Å². The van der Waals surface area contributed by atoms with Crippen LogP contribution in [0.3, 0.4) is 0 Å². The van der Waals surface area contributed by atoms with E-state index < -0.39 is 12.1 Å². The fourth-order valence-corrected chi connectivity index (χ4v) is 2.06. The molecule has 0 aliphatic rings. The van der Waals surface area contributed by atoms with Crippen LogP contribution in [0.2, 0.25) is 0 Å².